The monoisotopic (exact) mass is 592 g/mol. The molecule has 0 saturated heterocycles. The summed E-state index contributed by atoms with van der Waals surface area (Å²) >= 11 is 3.81. The summed E-state index contributed by atoms with van der Waals surface area (Å²) in [4.78, 5) is 0. The number of benzene rings is 8. The molecule has 8 aromatic carbocycles. The van der Waals surface area contributed by atoms with Gasteiger partial charge in [0.1, 0.15) is 0 Å². The second kappa shape index (κ2) is 9.24. The highest BCUT2D eigenvalue weighted by Crippen LogP contribution is 2.48. The van der Waals surface area contributed by atoms with Crippen molar-refractivity contribution in [1.82, 2.24) is 0 Å². The number of fused-ring (bicyclic) bond motifs is 10. The first-order valence-electron chi connectivity index (χ1n) is 15.0. The van der Waals surface area contributed by atoms with Crippen LogP contribution in [0.15, 0.2) is 146 Å². The maximum absolute atomic E-state index is 2.43. The van der Waals surface area contributed by atoms with Crippen LogP contribution in [-0.4, -0.2) is 0 Å². The van der Waals surface area contributed by atoms with Crippen molar-refractivity contribution in [2.45, 2.75) is 0 Å². The lowest BCUT2D eigenvalue weighted by atomic mass is 9.85. The fourth-order valence-electron chi connectivity index (χ4n) is 7.33. The average molecular weight is 593 g/mol. The highest BCUT2D eigenvalue weighted by atomic mass is 32.1. The molecule has 0 unspecified atom stereocenters. The fraction of sp³-hybridized carbons (Fsp3) is 0. The van der Waals surface area contributed by atoms with Gasteiger partial charge in [-0.25, -0.2) is 0 Å². The van der Waals surface area contributed by atoms with Crippen molar-refractivity contribution < 1.29 is 0 Å². The molecule has 0 radical (unpaired) electrons. The summed E-state index contributed by atoms with van der Waals surface area (Å²) < 4.78 is 5.42. The molecule has 0 amide bonds. The Hall–Kier alpha value is -5.02. The molecule has 2 heterocycles. The van der Waals surface area contributed by atoms with E-state index in [4.69, 9.17) is 0 Å². The number of thiophene rings is 2. The molecule has 0 atom stereocenters. The zero-order valence-electron chi connectivity index (χ0n) is 23.7. The molecular weight excluding hydrogens is 569 g/mol. The summed E-state index contributed by atoms with van der Waals surface area (Å²) in [5.41, 5.74) is 5.15. The first kappa shape index (κ1) is 24.4. The number of rotatable bonds is 2. The molecule has 0 spiro atoms. The Kier molecular flexibility index (Phi) is 5.13. The van der Waals surface area contributed by atoms with E-state index in [0.717, 1.165) is 0 Å². The molecule has 204 valence electrons. The molecule has 0 aliphatic rings. The van der Waals surface area contributed by atoms with E-state index < -0.39 is 0 Å². The van der Waals surface area contributed by atoms with E-state index >= 15 is 0 Å². The third kappa shape index (κ3) is 3.44. The molecule has 10 aromatic rings. The molecule has 2 heteroatoms. The van der Waals surface area contributed by atoms with Gasteiger partial charge in [0.25, 0.3) is 0 Å². The van der Waals surface area contributed by atoms with E-state index in [9.17, 15) is 0 Å². The summed E-state index contributed by atoms with van der Waals surface area (Å²) in [7, 11) is 0. The van der Waals surface area contributed by atoms with Gasteiger partial charge < -0.3 is 0 Å². The number of hydrogen-bond donors (Lipinski definition) is 0. The van der Waals surface area contributed by atoms with Gasteiger partial charge in [-0.2, -0.15) is 0 Å². The molecule has 44 heavy (non-hydrogen) atoms. The van der Waals surface area contributed by atoms with Crippen molar-refractivity contribution in [2.75, 3.05) is 0 Å². The van der Waals surface area contributed by atoms with Gasteiger partial charge in [0, 0.05) is 40.3 Å². The van der Waals surface area contributed by atoms with Gasteiger partial charge in [-0.05, 0) is 84.9 Å². The Labute approximate surface area is 262 Å². The molecule has 0 saturated carbocycles. The molecule has 10 rings (SSSR count). The first-order valence-corrected chi connectivity index (χ1v) is 16.6. The minimum absolute atomic E-state index is 1.26. The SMILES string of the molecule is c1ccc2cc(-c3c4ccccc4c(-c4ccc5c(c4)sc4ccc6sc7ccccc7c6c45)c4ccccc34)ccc2c1. The summed E-state index contributed by atoms with van der Waals surface area (Å²) in [6.07, 6.45) is 0. The third-order valence-electron chi connectivity index (χ3n) is 9.23. The molecule has 0 bridgehead atoms. The lowest BCUT2D eigenvalue weighted by Gasteiger charge is -2.18. The van der Waals surface area contributed by atoms with Gasteiger partial charge in [0.05, 0.1) is 0 Å². The molecule has 0 fully saturated rings. The van der Waals surface area contributed by atoms with E-state index in [2.05, 4.69) is 146 Å². The van der Waals surface area contributed by atoms with Gasteiger partial charge >= 0.3 is 0 Å². The highest BCUT2D eigenvalue weighted by Gasteiger charge is 2.19. The predicted octanol–water partition coefficient (Wildman–Crippen LogP) is 13.2. The minimum atomic E-state index is 1.26. The van der Waals surface area contributed by atoms with Crippen LogP contribution in [0.4, 0.5) is 0 Å². The molecule has 0 nitrogen and oxygen atoms in total. The molecule has 0 aliphatic heterocycles. The van der Waals surface area contributed by atoms with Crippen molar-refractivity contribution in [3.63, 3.8) is 0 Å². The standard InChI is InChI=1S/C42H24S2/c1-2-10-26-23-27(18-17-25(26)9-1)39-29-11-3-5-13-31(29)40(32-14-6-4-12-30(32)39)28-19-20-34-38(24-28)44-37-22-21-36-41(42(34)37)33-15-7-8-16-35(33)43-36/h1-24H. The van der Waals surface area contributed by atoms with Crippen LogP contribution in [0.1, 0.15) is 0 Å². The van der Waals surface area contributed by atoms with Gasteiger partial charge in [-0.3, -0.25) is 0 Å². The Morgan fingerprint density at radius 1 is 0.295 bits per heavy atom. The van der Waals surface area contributed by atoms with Crippen LogP contribution in [0.2, 0.25) is 0 Å². The lowest BCUT2D eigenvalue weighted by Crippen LogP contribution is -1.90. The molecule has 0 aliphatic carbocycles. The zero-order valence-corrected chi connectivity index (χ0v) is 25.3. The van der Waals surface area contributed by atoms with Gasteiger partial charge in [-0.1, -0.05) is 115 Å². The van der Waals surface area contributed by atoms with Gasteiger partial charge in [0.15, 0.2) is 0 Å². The van der Waals surface area contributed by atoms with Crippen LogP contribution < -0.4 is 0 Å². The van der Waals surface area contributed by atoms with E-state index in [0.29, 0.717) is 0 Å². The normalized spacial score (nSPS) is 12.1. The topological polar surface area (TPSA) is 0 Å². The van der Waals surface area contributed by atoms with Crippen molar-refractivity contribution in [3.05, 3.63) is 146 Å². The van der Waals surface area contributed by atoms with Crippen LogP contribution in [-0.2, 0) is 0 Å². The summed E-state index contributed by atoms with van der Waals surface area (Å²) in [6.45, 7) is 0. The van der Waals surface area contributed by atoms with Crippen LogP contribution in [0.5, 0.6) is 0 Å². The van der Waals surface area contributed by atoms with E-state index in [-0.39, 0.29) is 0 Å². The van der Waals surface area contributed by atoms with Crippen molar-refractivity contribution in [3.8, 4) is 22.3 Å². The predicted molar refractivity (Wildman–Crippen MR) is 196 cm³/mol. The first-order chi connectivity index (χ1) is 21.8. The zero-order chi connectivity index (χ0) is 28.8. The smallest absolute Gasteiger partial charge is 0.0362 e. The Morgan fingerprint density at radius 3 is 1.43 bits per heavy atom. The molecule has 0 N–H and O–H groups in total. The minimum Gasteiger partial charge on any atom is -0.135 e. The van der Waals surface area contributed by atoms with E-state index in [1.807, 2.05) is 22.7 Å². The second-order valence-corrected chi connectivity index (χ2v) is 13.8. The van der Waals surface area contributed by atoms with Gasteiger partial charge in [-0.15, -0.1) is 22.7 Å². The lowest BCUT2D eigenvalue weighted by molar-refractivity contribution is 1.69. The molecule has 2 aromatic heterocycles. The summed E-state index contributed by atoms with van der Waals surface area (Å²) in [5.74, 6) is 0. The largest absolute Gasteiger partial charge is 0.135 e. The van der Waals surface area contributed by atoms with Crippen LogP contribution in [0.3, 0.4) is 0 Å². The van der Waals surface area contributed by atoms with E-state index in [1.165, 1.54) is 94.9 Å². The second-order valence-electron chi connectivity index (χ2n) is 11.6. The summed E-state index contributed by atoms with van der Waals surface area (Å²) in [6, 6.07) is 54.1. The van der Waals surface area contributed by atoms with Crippen LogP contribution >= 0.6 is 22.7 Å². The Bertz CT molecular complexity index is 2720. The van der Waals surface area contributed by atoms with Crippen molar-refractivity contribution >= 4 is 95.3 Å². The maximum Gasteiger partial charge on any atom is 0.0362 e. The summed E-state index contributed by atoms with van der Waals surface area (Å²) in [5, 5.41) is 13.2. The maximum atomic E-state index is 2.43. The Morgan fingerprint density at radius 2 is 0.773 bits per heavy atom. The fourth-order valence-corrected chi connectivity index (χ4v) is 9.60. The molecular formula is C42H24S2. The van der Waals surface area contributed by atoms with E-state index in [1.54, 1.807) is 0 Å². The Balaban J connectivity index is 1.27. The average Bonchev–Trinajstić information content (AvgIpc) is 3.64. The van der Waals surface area contributed by atoms with Crippen molar-refractivity contribution in [2.24, 2.45) is 0 Å². The van der Waals surface area contributed by atoms with Crippen LogP contribution in [0.25, 0.3) is 94.9 Å². The third-order valence-corrected chi connectivity index (χ3v) is 11.5. The van der Waals surface area contributed by atoms with Crippen LogP contribution in [0, 0.1) is 0 Å². The highest BCUT2D eigenvalue weighted by molar-refractivity contribution is 7.28. The van der Waals surface area contributed by atoms with Crippen molar-refractivity contribution in [1.29, 1.82) is 0 Å². The van der Waals surface area contributed by atoms with Gasteiger partial charge in [0.2, 0.25) is 0 Å². The number of hydrogen-bond acceptors (Lipinski definition) is 2. The quantitative estimate of drug-likeness (QED) is 0.175.